The van der Waals surface area contributed by atoms with E-state index in [1.54, 1.807) is 30.3 Å². The van der Waals surface area contributed by atoms with Crippen molar-refractivity contribution in [3.63, 3.8) is 0 Å². The maximum Gasteiger partial charge on any atom is 0.266 e. The summed E-state index contributed by atoms with van der Waals surface area (Å²) < 4.78 is 20.2. The summed E-state index contributed by atoms with van der Waals surface area (Å²) in [5, 5.41) is 0. The van der Waals surface area contributed by atoms with Crippen molar-refractivity contribution in [3.8, 4) is 5.75 Å². The third kappa shape index (κ3) is 3.32. The van der Waals surface area contributed by atoms with E-state index in [-0.39, 0.29) is 11.4 Å². The molecule has 4 rings (SSSR count). The maximum atomic E-state index is 14.5. The van der Waals surface area contributed by atoms with Gasteiger partial charge in [0.05, 0.1) is 23.4 Å². The number of anilines is 1. The minimum absolute atomic E-state index is 0.147. The zero-order chi connectivity index (χ0) is 19.0. The lowest BCUT2D eigenvalue weighted by Crippen LogP contribution is -2.32. The van der Waals surface area contributed by atoms with Gasteiger partial charge in [0, 0.05) is 6.07 Å². The number of hydrogen-bond donors (Lipinski definition) is 0. The Kier molecular flexibility index (Phi) is 4.66. The van der Waals surface area contributed by atoms with Crippen LogP contribution in [0.3, 0.4) is 0 Å². The number of fused-ring (bicyclic) bond motifs is 1. The van der Waals surface area contributed by atoms with Gasteiger partial charge in [-0.15, -0.1) is 0 Å². The van der Waals surface area contributed by atoms with Gasteiger partial charge in [-0.3, -0.25) is 9.59 Å². The van der Waals surface area contributed by atoms with Gasteiger partial charge in [0.25, 0.3) is 11.8 Å². The number of ether oxygens (including phenoxy) is 1. The summed E-state index contributed by atoms with van der Waals surface area (Å²) in [4.78, 5) is 28.3. The van der Waals surface area contributed by atoms with Crippen molar-refractivity contribution in [1.29, 1.82) is 0 Å². The summed E-state index contributed by atoms with van der Waals surface area (Å²) in [6.45, 7) is 2.52. The SMILES string of the molecule is CN1CCC(COc2ccc(N3C(=O)c4ccccc4C3=O)cc2F)CC1. The molecular weight excluding hydrogens is 347 g/mol. The molecule has 2 amide bonds. The van der Waals surface area contributed by atoms with Gasteiger partial charge in [-0.05, 0) is 63.2 Å². The second-order valence-corrected chi connectivity index (χ2v) is 7.16. The maximum absolute atomic E-state index is 14.5. The summed E-state index contributed by atoms with van der Waals surface area (Å²) in [6, 6.07) is 10.8. The molecule has 27 heavy (non-hydrogen) atoms. The van der Waals surface area contributed by atoms with E-state index in [0.29, 0.717) is 23.7 Å². The van der Waals surface area contributed by atoms with E-state index in [9.17, 15) is 14.0 Å². The molecule has 2 aliphatic rings. The summed E-state index contributed by atoms with van der Waals surface area (Å²) in [5.41, 5.74) is 0.890. The standard InChI is InChI=1S/C21H21FN2O3/c1-23-10-8-14(9-11-23)13-27-19-7-6-15(12-18(19)22)24-20(25)16-4-2-3-5-17(16)21(24)26/h2-7,12,14H,8-11,13H2,1H3. The highest BCUT2D eigenvalue weighted by Gasteiger charge is 2.36. The van der Waals surface area contributed by atoms with Crippen LogP contribution in [0, 0.1) is 11.7 Å². The Morgan fingerprint density at radius 2 is 1.67 bits per heavy atom. The number of benzene rings is 2. The van der Waals surface area contributed by atoms with Gasteiger partial charge < -0.3 is 9.64 Å². The number of piperidine rings is 1. The quantitative estimate of drug-likeness (QED) is 0.777. The van der Waals surface area contributed by atoms with E-state index in [1.807, 2.05) is 0 Å². The summed E-state index contributed by atoms with van der Waals surface area (Å²) in [6.07, 6.45) is 2.07. The molecule has 140 valence electrons. The molecule has 0 bridgehead atoms. The first-order valence-electron chi connectivity index (χ1n) is 9.13. The lowest BCUT2D eigenvalue weighted by atomic mass is 9.98. The minimum Gasteiger partial charge on any atom is -0.490 e. The summed E-state index contributed by atoms with van der Waals surface area (Å²) in [5.74, 6) is -0.882. The molecule has 6 heteroatoms. The fourth-order valence-corrected chi connectivity index (χ4v) is 3.61. The highest BCUT2D eigenvalue weighted by Crippen LogP contribution is 2.31. The lowest BCUT2D eigenvalue weighted by Gasteiger charge is -2.28. The third-order valence-electron chi connectivity index (χ3n) is 5.28. The average molecular weight is 368 g/mol. The van der Waals surface area contributed by atoms with Crippen molar-refractivity contribution >= 4 is 17.5 Å². The van der Waals surface area contributed by atoms with Crippen LogP contribution in [-0.4, -0.2) is 43.5 Å². The van der Waals surface area contributed by atoms with Crippen LogP contribution < -0.4 is 9.64 Å². The van der Waals surface area contributed by atoms with Gasteiger partial charge in [0.1, 0.15) is 0 Å². The molecule has 1 fully saturated rings. The highest BCUT2D eigenvalue weighted by atomic mass is 19.1. The third-order valence-corrected chi connectivity index (χ3v) is 5.28. The zero-order valence-corrected chi connectivity index (χ0v) is 15.2. The van der Waals surface area contributed by atoms with Crippen LogP contribution in [0.2, 0.25) is 0 Å². The molecule has 0 radical (unpaired) electrons. The molecule has 0 atom stereocenters. The molecule has 2 heterocycles. The largest absolute Gasteiger partial charge is 0.490 e. The van der Waals surface area contributed by atoms with Crippen molar-refractivity contribution < 1.29 is 18.7 Å². The predicted octanol–water partition coefficient (Wildman–Crippen LogP) is 3.35. The first-order chi connectivity index (χ1) is 13.0. The molecule has 2 aromatic carbocycles. The first kappa shape index (κ1) is 17.7. The topological polar surface area (TPSA) is 49.9 Å². The van der Waals surface area contributed by atoms with Crippen molar-refractivity contribution in [3.05, 3.63) is 59.4 Å². The fraction of sp³-hybridized carbons (Fsp3) is 0.333. The molecule has 0 saturated carbocycles. The van der Waals surface area contributed by atoms with Gasteiger partial charge >= 0.3 is 0 Å². The lowest BCUT2D eigenvalue weighted by molar-refractivity contribution is 0.0926. The van der Waals surface area contributed by atoms with Crippen molar-refractivity contribution in [2.45, 2.75) is 12.8 Å². The smallest absolute Gasteiger partial charge is 0.266 e. The Hall–Kier alpha value is -2.73. The Balaban J connectivity index is 1.48. The second kappa shape index (κ2) is 7.12. The molecular formula is C21H21FN2O3. The number of nitrogens with zero attached hydrogens (tertiary/aromatic N) is 2. The average Bonchev–Trinajstić information content (AvgIpc) is 2.93. The zero-order valence-electron chi connectivity index (χ0n) is 15.2. The summed E-state index contributed by atoms with van der Waals surface area (Å²) in [7, 11) is 2.09. The van der Waals surface area contributed by atoms with E-state index in [4.69, 9.17) is 4.74 Å². The Labute approximate surface area is 157 Å². The van der Waals surface area contributed by atoms with Gasteiger partial charge in [-0.2, -0.15) is 0 Å². The Morgan fingerprint density at radius 1 is 1.04 bits per heavy atom. The Bertz CT molecular complexity index is 856. The molecule has 0 aliphatic carbocycles. The first-order valence-corrected chi connectivity index (χ1v) is 9.13. The van der Waals surface area contributed by atoms with Crippen LogP contribution in [0.25, 0.3) is 0 Å². The van der Waals surface area contributed by atoms with E-state index in [1.165, 1.54) is 12.1 Å². The number of amides is 2. The van der Waals surface area contributed by atoms with Crippen molar-refractivity contribution in [1.82, 2.24) is 4.90 Å². The number of hydrogen-bond acceptors (Lipinski definition) is 4. The van der Waals surface area contributed by atoms with Crippen molar-refractivity contribution in [2.24, 2.45) is 5.92 Å². The van der Waals surface area contributed by atoms with Gasteiger partial charge in [0.2, 0.25) is 0 Å². The van der Waals surface area contributed by atoms with Crippen LogP contribution in [-0.2, 0) is 0 Å². The number of carbonyl (C=O) groups is 2. The molecule has 5 nitrogen and oxygen atoms in total. The van der Waals surface area contributed by atoms with E-state index < -0.39 is 17.6 Å². The molecule has 1 saturated heterocycles. The number of carbonyl (C=O) groups excluding carboxylic acids is 2. The Morgan fingerprint density at radius 3 is 2.26 bits per heavy atom. The normalized spacial score (nSPS) is 18.1. The van der Waals surface area contributed by atoms with E-state index in [0.717, 1.165) is 30.8 Å². The molecule has 2 aromatic rings. The summed E-state index contributed by atoms with van der Waals surface area (Å²) >= 11 is 0. The molecule has 2 aliphatic heterocycles. The number of halogens is 1. The minimum atomic E-state index is -0.572. The van der Waals surface area contributed by atoms with Gasteiger partial charge in [0.15, 0.2) is 11.6 Å². The molecule has 0 spiro atoms. The number of likely N-dealkylation sites (tertiary alicyclic amines) is 1. The van der Waals surface area contributed by atoms with E-state index >= 15 is 0 Å². The number of imide groups is 1. The molecule has 0 N–H and O–H groups in total. The van der Waals surface area contributed by atoms with Gasteiger partial charge in [-0.1, -0.05) is 12.1 Å². The predicted molar refractivity (Wildman–Crippen MR) is 99.7 cm³/mol. The number of rotatable bonds is 4. The highest BCUT2D eigenvalue weighted by molar-refractivity contribution is 6.34. The molecule has 0 aromatic heterocycles. The van der Waals surface area contributed by atoms with Crippen molar-refractivity contribution in [2.75, 3.05) is 31.6 Å². The second-order valence-electron chi connectivity index (χ2n) is 7.16. The van der Waals surface area contributed by atoms with Crippen LogP contribution >= 0.6 is 0 Å². The van der Waals surface area contributed by atoms with Crippen LogP contribution in [0.5, 0.6) is 5.75 Å². The van der Waals surface area contributed by atoms with Crippen LogP contribution in [0.1, 0.15) is 33.6 Å². The molecule has 0 unspecified atom stereocenters. The fourth-order valence-electron chi connectivity index (χ4n) is 3.61. The van der Waals surface area contributed by atoms with E-state index in [2.05, 4.69) is 11.9 Å². The van der Waals surface area contributed by atoms with Crippen LogP contribution in [0.15, 0.2) is 42.5 Å². The monoisotopic (exact) mass is 368 g/mol. The van der Waals surface area contributed by atoms with Gasteiger partial charge in [-0.25, -0.2) is 9.29 Å². The van der Waals surface area contributed by atoms with Crippen LogP contribution in [0.4, 0.5) is 10.1 Å².